The van der Waals surface area contributed by atoms with Crippen LogP contribution in [0.3, 0.4) is 0 Å². The molecule has 2 aromatic rings. The van der Waals surface area contributed by atoms with E-state index in [-0.39, 0.29) is 12.1 Å². The molecule has 28 heavy (non-hydrogen) atoms. The van der Waals surface area contributed by atoms with Crippen LogP contribution in [0.5, 0.6) is 5.75 Å². The summed E-state index contributed by atoms with van der Waals surface area (Å²) >= 11 is 1.58. The number of hydrogen-bond acceptors (Lipinski definition) is 8. The average Bonchev–Trinajstić information content (AvgIpc) is 2.75. The third-order valence-corrected chi connectivity index (χ3v) is 5.01. The molecule has 150 valence electrons. The molecule has 1 aliphatic rings. The number of rotatable bonds is 8. The maximum Gasteiger partial charge on any atom is 0.338 e. The van der Waals surface area contributed by atoms with E-state index in [1.807, 2.05) is 18.4 Å². The number of hydrogen-bond donors (Lipinski definition) is 0. The van der Waals surface area contributed by atoms with Crippen LogP contribution in [-0.4, -0.2) is 61.4 Å². The van der Waals surface area contributed by atoms with Crippen molar-refractivity contribution in [1.29, 1.82) is 0 Å². The molecule has 8 heteroatoms. The molecule has 0 aliphatic carbocycles. The number of esters is 1. The highest BCUT2D eigenvalue weighted by molar-refractivity contribution is 7.98. The Morgan fingerprint density at radius 3 is 2.75 bits per heavy atom. The summed E-state index contributed by atoms with van der Waals surface area (Å²) in [5.74, 6) is 1.28. The van der Waals surface area contributed by atoms with Crippen molar-refractivity contribution >= 4 is 23.5 Å². The molecule has 1 atom stereocenters. The predicted octanol–water partition coefficient (Wildman–Crippen LogP) is 3.05. The van der Waals surface area contributed by atoms with Gasteiger partial charge in [-0.05, 0) is 49.6 Å². The van der Waals surface area contributed by atoms with Crippen LogP contribution in [0.2, 0.25) is 0 Å². The fourth-order valence-corrected chi connectivity index (χ4v) is 3.23. The first-order valence-electron chi connectivity index (χ1n) is 9.34. The highest BCUT2D eigenvalue weighted by atomic mass is 32.2. The van der Waals surface area contributed by atoms with Gasteiger partial charge in [-0.1, -0.05) is 0 Å². The Morgan fingerprint density at radius 2 is 2.07 bits per heavy atom. The van der Waals surface area contributed by atoms with E-state index in [1.165, 1.54) is 0 Å². The van der Waals surface area contributed by atoms with Crippen LogP contribution in [0.1, 0.15) is 23.7 Å². The number of thioether (sulfide) groups is 1. The van der Waals surface area contributed by atoms with Crippen LogP contribution in [0.25, 0.3) is 0 Å². The van der Waals surface area contributed by atoms with Crippen molar-refractivity contribution in [2.75, 3.05) is 44.1 Å². The van der Waals surface area contributed by atoms with Crippen molar-refractivity contribution in [1.82, 2.24) is 10.2 Å². The lowest BCUT2D eigenvalue weighted by Gasteiger charge is -2.33. The standard InChI is InChI=1S/C20H25N3O4S/c1-3-25-20(24)15-4-6-16(7-5-15)26-12-10-17-14-23(11-13-27-17)18-8-9-19(28-2)22-21-18/h4-9,17H,3,10-14H2,1-2H3. The van der Waals surface area contributed by atoms with Crippen molar-refractivity contribution < 1.29 is 19.0 Å². The molecule has 0 spiro atoms. The summed E-state index contributed by atoms with van der Waals surface area (Å²) in [5, 5.41) is 9.42. The minimum absolute atomic E-state index is 0.0783. The fraction of sp³-hybridized carbons (Fsp3) is 0.450. The van der Waals surface area contributed by atoms with Crippen LogP contribution >= 0.6 is 11.8 Å². The maximum atomic E-state index is 11.7. The summed E-state index contributed by atoms with van der Waals surface area (Å²) < 4.78 is 16.6. The Bertz CT molecular complexity index is 755. The van der Waals surface area contributed by atoms with Crippen LogP contribution in [0.4, 0.5) is 5.82 Å². The normalized spacial score (nSPS) is 16.6. The summed E-state index contributed by atoms with van der Waals surface area (Å²) in [7, 11) is 0. The molecule has 1 aliphatic heterocycles. The Balaban J connectivity index is 1.46. The van der Waals surface area contributed by atoms with Crippen molar-refractivity contribution in [3.63, 3.8) is 0 Å². The Labute approximate surface area is 169 Å². The molecular formula is C20H25N3O4S. The van der Waals surface area contributed by atoms with Crippen molar-refractivity contribution in [3.8, 4) is 5.75 Å². The molecule has 1 aromatic heterocycles. The van der Waals surface area contributed by atoms with Crippen LogP contribution in [0.15, 0.2) is 41.4 Å². The molecule has 1 fully saturated rings. The molecule has 1 unspecified atom stereocenters. The molecule has 0 bridgehead atoms. The minimum Gasteiger partial charge on any atom is -0.493 e. The number of benzene rings is 1. The first-order valence-corrected chi connectivity index (χ1v) is 10.6. The summed E-state index contributed by atoms with van der Waals surface area (Å²) in [5.41, 5.74) is 0.522. The Morgan fingerprint density at radius 1 is 1.25 bits per heavy atom. The molecule has 0 saturated carbocycles. The largest absolute Gasteiger partial charge is 0.493 e. The van der Waals surface area contributed by atoms with E-state index in [4.69, 9.17) is 14.2 Å². The number of morpholine rings is 1. The number of aromatic nitrogens is 2. The van der Waals surface area contributed by atoms with Gasteiger partial charge in [0.2, 0.25) is 0 Å². The van der Waals surface area contributed by atoms with Gasteiger partial charge >= 0.3 is 5.97 Å². The monoisotopic (exact) mass is 403 g/mol. The first kappa shape index (κ1) is 20.4. The van der Waals surface area contributed by atoms with Crippen LogP contribution < -0.4 is 9.64 Å². The number of carbonyl (C=O) groups is 1. The van der Waals surface area contributed by atoms with E-state index in [0.717, 1.165) is 36.1 Å². The third-order valence-electron chi connectivity index (χ3n) is 4.37. The van der Waals surface area contributed by atoms with Gasteiger partial charge in [0, 0.05) is 19.5 Å². The van der Waals surface area contributed by atoms with Gasteiger partial charge in [-0.3, -0.25) is 0 Å². The van der Waals surface area contributed by atoms with Crippen molar-refractivity contribution in [2.45, 2.75) is 24.5 Å². The summed E-state index contributed by atoms with van der Waals surface area (Å²) in [6, 6.07) is 11.0. The summed E-state index contributed by atoms with van der Waals surface area (Å²) in [4.78, 5) is 13.9. The quantitative estimate of drug-likeness (QED) is 0.492. The highest BCUT2D eigenvalue weighted by Crippen LogP contribution is 2.19. The van der Waals surface area contributed by atoms with Gasteiger partial charge in [-0.25, -0.2) is 4.79 Å². The van der Waals surface area contributed by atoms with Gasteiger partial charge in [0.15, 0.2) is 5.82 Å². The van der Waals surface area contributed by atoms with Gasteiger partial charge in [0.05, 0.1) is 31.5 Å². The lowest BCUT2D eigenvalue weighted by atomic mass is 10.2. The van der Waals surface area contributed by atoms with Crippen molar-refractivity contribution in [2.24, 2.45) is 0 Å². The summed E-state index contributed by atoms with van der Waals surface area (Å²) in [6.07, 6.45) is 2.83. The maximum absolute atomic E-state index is 11.7. The Hall–Kier alpha value is -2.32. The second-order valence-electron chi connectivity index (χ2n) is 6.25. The second kappa shape index (κ2) is 10.3. The predicted molar refractivity (Wildman–Crippen MR) is 108 cm³/mol. The number of carbonyl (C=O) groups excluding carboxylic acids is 1. The molecule has 7 nitrogen and oxygen atoms in total. The van der Waals surface area contributed by atoms with E-state index >= 15 is 0 Å². The highest BCUT2D eigenvalue weighted by Gasteiger charge is 2.22. The molecule has 1 saturated heterocycles. The number of anilines is 1. The van der Waals surface area contributed by atoms with E-state index in [1.54, 1.807) is 43.0 Å². The van der Waals surface area contributed by atoms with E-state index in [2.05, 4.69) is 15.1 Å². The second-order valence-corrected chi connectivity index (χ2v) is 7.08. The summed E-state index contributed by atoms with van der Waals surface area (Å²) in [6.45, 7) is 4.91. The molecule has 1 aromatic carbocycles. The molecule has 3 rings (SSSR count). The molecular weight excluding hydrogens is 378 g/mol. The lowest BCUT2D eigenvalue weighted by molar-refractivity contribution is 0.0265. The topological polar surface area (TPSA) is 73.8 Å². The third kappa shape index (κ3) is 5.59. The fourth-order valence-electron chi connectivity index (χ4n) is 2.90. The zero-order chi connectivity index (χ0) is 19.8. The lowest BCUT2D eigenvalue weighted by Crippen LogP contribution is -2.43. The molecule has 0 N–H and O–H groups in total. The minimum atomic E-state index is -0.321. The van der Waals surface area contributed by atoms with E-state index in [9.17, 15) is 4.79 Å². The van der Waals surface area contributed by atoms with Gasteiger partial charge in [-0.2, -0.15) is 0 Å². The van der Waals surface area contributed by atoms with Gasteiger partial charge in [0.1, 0.15) is 10.8 Å². The van der Waals surface area contributed by atoms with Crippen LogP contribution in [-0.2, 0) is 9.47 Å². The van der Waals surface area contributed by atoms with Crippen molar-refractivity contribution in [3.05, 3.63) is 42.0 Å². The first-order chi connectivity index (χ1) is 13.7. The average molecular weight is 404 g/mol. The molecule has 2 heterocycles. The number of ether oxygens (including phenoxy) is 3. The van der Waals surface area contributed by atoms with Gasteiger partial charge in [-0.15, -0.1) is 22.0 Å². The van der Waals surface area contributed by atoms with E-state index in [0.29, 0.717) is 25.4 Å². The number of nitrogens with zero attached hydrogens (tertiary/aromatic N) is 3. The molecule has 0 amide bonds. The SMILES string of the molecule is CCOC(=O)c1ccc(OCCC2CN(c3ccc(SC)nn3)CCO2)cc1. The van der Waals surface area contributed by atoms with Gasteiger partial charge in [0.25, 0.3) is 0 Å². The smallest absolute Gasteiger partial charge is 0.338 e. The zero-order valence-electron chi connectivity index (χ0n) is 16.2. The zero-order valence-corrected chi connectivity index (χ0v) is 17.0. The van der Waals surface area contributed by atoms with E-state index < -0.39 is 0 Å². The Kier molecular flexibility index (Phi) is 7.50. The van der Waals surface area contributed by atoms with Gasteiger partial charge < -0.3 is 19.1 Å². The molecule has 0 radical (unpaired) electrons. The van der Waals surface area contributed by atoms with Crippen LogP contribution in [0, 0.1) is 0 Å².